The Morgan fingerprint density at radius 2 is 2.20 bits per heavy atom. The van der Waals surface area contributed by atoms with Gasteiger partial charge in [0.1, 0.15) is 0 Å². The average molecular weight is 221 g/mol. The summed E-state index contributed by atoms with van der Waals surface area (Å²) in [5.41, 5.74) is 2.66. The minimum Gasteiger partial charge on any atom is -0.472 e. The number of likely N-dealkylation sites (N-methyl/N-ethyl adjacent to an activating group) is 1. The van der Waals surface area contributed by atoms with E-state index in [1.54, 1.807) is 17.6 Å². The van der Waals surface area contributed by atoms with Crippen LogP contribution in [0.3, 0.4) is 0 Å². The van der Waals surface area contributed by atoms with Crippen LogP contribution in [0, 0.1) is 0 Å². The van der Waals surface area contributed by atoms with Crippen LogP contribution in [0.2, 0.25) is 0 Å². The van der Waals surface area contributed by atoms with Gasteiger partial charge in [0.2, 0.25) is 0 Å². The lowest BCUT2D eigenvalue weighted by Gasteiger charge is -2.14. The molecule has 2 nitrogen and oxygen atoms in total. The van der Waals surface area contributed by atoms with E-state index in [2.05, 4.69) is 22.1 Å². The molecule has 0 saturated heterocycles. The molecule has 15 heavy (non-hydrogen) atoms. The molecular formula is C12H15NOS. The maximum atomic E-state index is 5.07. The van der Waals surface area contributed by atoms with E-state index in [1.807, 2.05) is 19.4 Å². The van der Waals surface area contributed by atoms with Gasteiger partial charge in [-0.3, -0.25) is 0 Å². The summed E-state index contributed by atoms with van der Waals surface area (Å²) in [6.07, 6.45) is 5.64. The van der Waals surface area contributed by atoms with Crippen LogP contribution in [0.4, 0.5) is 0 Å². The van der Waals surface area contributed by atoms with Gasteiger partial charge in [-0.25, -0.2) is 0 Å². The van der Waals surface area contributed by atoms with E-state index in [-0.39, 0.29) is 0 Å². The molecule has 1 atom stereocenters. The van der Waals surface area contributed by atoms with Gasteiger partial charge < -0.3 is 9.73 Å². The van der Waals surface area contributed by atoms with Crippen molar-refractivity contribution in [1.82, 2.24) is 5.32 Å². The lowest BCUT2D eigenvalue weighted by Crippen LogP contribution is -2.29. The molecule has 0 spiro atoms. The lowest BCUT2D eigenvalue weighted by atomic mass is 10.0. The molecule has 0 aliphatic heterocycles. The van der Waals surface area contributed by atoms with Gasteiger partial charge in [0.25, 0.3) is 0 Å². The van der Waals surface area contributed by atoms with Crippen LogP contribution in [0.25, 0.3) is 0 Å². The van der Waals surface area contributed by atoms with E-state index in [1.165, 1.54) is 11.1 Å². The molecule has 2 heterocycles. The van der Waals surface area contributed by atoms with E-state index < -0.39 is 0 Å². The smallest absolute Gasteiger partial charge is 0.0935 e. The summed E-state index contributed by atoms with van der Waals surface area (Å²) in [6.45, 7) is 0. The average Bonchev–Trinajstić information content (AvgIpc) is 2.89. The summed E-state index contributed by atoms with van der Waals surface area (Å²) in [6, 6.07) is 4.69. The first-order valence-corrected chi connectivity index (χ1v) is 6.02. The van der Waals surface area contributed by atoms with Crippen molar-refractivity contribution in [2.45, 2.75) is 18.9 Å². The highest BCUT2D eigenvalue weighted by Gasteiger charge is 2.09. The fourth-order valence-corrected chi connectivity index (χ4v) is 2.34. The molecule has 1 unspecified atom stereocenters. The Morgan fingerprint density at radius 3 is 2.80 bits per heavy atom. The summed E-state index contributed by atoms with van der Waals surface area (Å²) in [7, 11) is 2.01. The zero-order valence-electron chi connectivity index (χ0n) is 8.77. The van der Waals surface area contributed by atoms with Crippen LogP contribution in [-0.2, 0) is 12.8 Å². The van der Waals surface area contributed by atoms with Gasteiger partial charge in [0.05, 0.1) is 12.5 Å². The van der Waals surface area contributed by atoms with Gasteiger partial charge in [-0.1, -0.05) is 0 Å². The largest absolute Gasteiger partial charge is 0.472 e. The third-order valence-corrected chi connectivity index (χ3v) is 3.26. The van der Waals surface area contributed by atoms with E-state index in [4.69, 9.17) is 4.42 Å². The van der Waals surface area contributed by atoms with Crippen molar-refractivity contribution >= 4 is 11.3 Å². The standard InChI is InChI=1S/C12H15NOS/c1-13-12(6-10-2-4-14-8-10)7-11-3-5-15-9-11/h2-5,8-9,12-13H,6-7H2,1H3. The molecular weight excluding hydrogens is 206 g/mol. The maximum Gasteiger partial charge on any atom is 0.0935 e. The van der Waals surface area contributed by atoms with E-state index >= 15 is 0 Å². The van der Waals surface area contributed by atoms with Crippen molar-refractivity contribution in [3.05, 3.63) is 46.5 Å². The Balaban J connectivity index is 1.93. The lowest BCUT2D eigenvalue weighted by molar-refractivity contribution is 0.539. The zero-order valence-corrected chi connectivity index (χ0v) is 9.59. The molecule has 0 aromatic carbocycles. The summed E-state index contributed by atoms with van der Waals surface area (Å²) in [5, 5.41) is 7.67. The van der Waals surface area contributed by atoms with Crippen LogP contribution in [0.5, 0.6) is 0 Å². The number of rotatable bonds is 5. The van der Waals surface area contributed by atoms with Gasteiger partial charge in [-0.2, -0.15) is 11.3 Å². The Labute approximate surface area is 93.9 Å². The first kappa shape index (κ1) is 10.5. The Morgan fingerprint density at radius 1 is 1.33 bits per heavy atom. The van der Waals surface area contributed by atoms with Crippen LogP contribution in [0.1, 0.15) is 11.1 Å². The highest BCUT2D eigenvalue weighted by atomic mass is 32.1. The number of hydrogen-bond acceptors (Lipinski definition) is 3. The van der Waals surface area contributed by atoms with Gasteiger partial charge in [-0.15, -0.1) is 0 Å². The molecule has 0 saturated carbocycles. The predicted molar refractivity (Wildman–Crippen MR) is 63.3 cm³/mol. The third kappa shape index (κ3) is 2.94. The quantitative estimate of drug-likeness (QED) is 0.839. The van der Waals surface area contributed by atoms with Crippen LogP contribution < -0.4 is 5.32 Å². The van der Waals surface area contributed by atoms with Crippen molar-refractivity contribution in [1.29, 1.82) is 0 Å². The SMILES string of the molecule is CNC(Cc1ccoc1)Cc1ccsc1. The molecule has 0 fully saturated rings. The summed E-state index contributed by atoms with van der Waals surface area (Å²) >= 11 is 1.75. The monoisotopic (exact) mass is 221 g/mol. The molecule has 1 N–H and O–H groups in total. The molecule has 2 aromatic heterocycles. The van der Waals surface area contributed by atoms with Crippen LogP contribution >= 0.6 is 11.3 Å². The minimum atomic E-state index is 0.484. The topological polar surface area (TPSA) is 25.2 Å². The molecule has 0 aliphatic rings. The van der Waals surface area contributed by atoms with Crippen molar-refractivity contribution in [2.24, 2.45) is 0 Å². The molecule has 0 aliphatic carbocycles. The summed E-state index contributed by atoms with van der Waals surface area (Å²) in [4.78, 5) is 0. The number of hydrogen-bond donors (Lipinski definition) is 1. The number of furan rings is 1. The fourth-order valence-electron chi connectivity index (χ4n) is 1.66. The first-order valence-electron chi connectivity index (χ1n) is 5.08. The fraction of sp³-hybridized carbons (Fsp3) is 0.333. The highest BCUT2D eigenvalue weighted by Crippen LogP contribution is 2.12. The van der Waals surface area contributed by atoms with Gasteiger partial charge in [0, 0.05) is 6.04 Å². The van der Waals surface area contributed by atoms with Crippen molar-refractivity contribution < 1.29 is 4.42 Å². The molecule has 2 aromatic rings. The minimum absolute atomic E-state index is 0.484. The first-order chi connectivity index (χ1) is 7.38. The Hall–Kier alpha value is -1.06. The molecule has 80 valence electrons. The van der Waals surface area contributed by atoms with E-state index in [0.717, 1.165) is 12.8 Å². The van der Waals surface area contributed by atoms with E-state index in [9.17, 15) is 0 Å². The van der Waals surface area contributed by atoms with Crippen LogP contribution in [0.15, 0.2) is 39.8 Å². The second-order valence-electron chi connectivity index (χ2n) is 3.66. The Kier molecular flexibility index (Phi) is 3.59. The van der Waals surface area contributed by atoms with Crippen molar-refractivity contribution in [3.8, 4) is 0 Å². The van der Waals surface area contributed by atoms with Crippen molar-refractivity contribution in [3.63, 3.8) is 0 Å². The number of thiophene rings is 1. The second kappa shape index (κ2) is 5.14. The zero-order chi connectivity index (χ0) is 10.5. The highest BCUT2D eigenvalue weighted by molar-refractivity contribution is 7.07. The molecule has 2 rings (SSSR count). The van der Waals surface area contributed by atoms with E-state index in [0.29, 0.717) is 6.04 Å². The molecule has 0 radical (unpaired) electrons. The molecule has 0 bridgehead atoms. The van der Waals surface area contributed by atoms with Crippen LogP contribution in [-0.4, -0.2) is 13.1 Å². The molecule has 3 heteroatoms. The van der Waals surface area contributed by atoms with Gasteiger partial charge in [-0.05, 0) is 53.9 Å². The Bertz CT molecular complexity index is 330. The van der Waals surface area contributed by atoms with Gasteiger partial charge >= 0.3 is 0 Å². The van der Waals surface area contributed by atoms with Gasteiger partial charge in [0.15, 0.2) is 0 Å². The van der Waals surface area contributed by atoms with Crippen molar-refractivity contribution in [2.75, 3.05) is 7.05 Å². The summed E-state index contributed by atoms with van der Waals surface area (Å²) in [5.74, 6) is 0. The number of nitrogens with one attached hydrogen (secondary N) is 1. The third-order valence-electron chi connectivity index (χ3n) is 2.53. The normalized spacial score (nSPS) is 12.9. The summed E-state index contributed by atoms with van der Waals surface area (Å²) < 4.78 is 5.07. The predicted octanol–water partition coefficient (Wildman–Crippen LogP) is 2.71. The maximum absolute atomic E-state index is 5.07. The molecule has 0 amide bonds. The second-order valence-corrected chi connectivity index (χ2v) is 4.44.